The van der Waals surface area contributed by atoms with Crippen molar-refractivity contribution in [2.75, 3.05) is 19.8 Å². The molecule has 0 bridgehead atoms. The fourth-order valence-electron chi connectivity index (χ4n) is 2.09. The molecule has 0 amide bonds. The number of rotatable bonds is 4. The van der Waals surface area contributed by atoms with Crippen LogP contribution in [0.4, 0.5) is 0 Å². The van der Waals surface area contributed by atoms with Crippen molar-refractivity contribution in [1.82, 2.24) is 5.32 Å². The number of benzene rings is 1. The first kappa shape index (κ1) is 15.5. The van der Waals surface area contributed by atoms with Gasteiger partial charge in [0.05, 0.1) is 13.2 Å². The zero-order chi connectivity index (χ0) is 14.5. The average Bonchev–Trinajstić information content (AvgIpc) is 2.46. The molecule has 3 nitrogen and oxygen atoms in total. The minimum atomic E-state index is -0.146. The van der Waals surface area contributed by atoms with Crippen molar-refractivity contribution in [1.29, 1.82) is 0 Å². The Balaban J connectivity index is 2.05. The topological polar surface area (TPSA) is 38.3 Å². The number of morpholine rings is 1. The van der Waals surface area contributed by atoms with Gasteiger partial charge in [0, 0.05) is 34.1 Å². The smallest absolute Gasteiger partial charge is 0.160 e. The number of hydrogen-bond acceptors (Lipinski definition) is 3. The van der Waals surface area contributed by atoms with Crippen LogP contribution in [0.5, 0.6) is 0 Å². The van der Waals surface area contributed by atoms with Crippen LogP contribution in [-0.2, 0) is 9.53 Å². The zero-order valence-corrected chi connectivity index (χ0v) is 12.7. The van der Waals surface area contributed by atoms with Crippen molar-refractivity contribution < 1.29 is 9.53 Å². The first-order chi connectivity index (χ1) is 9.59. The van der Waals surface area contributed by atoms with E-state index in [1.807, 2.05) is 6.92 Å². The summed E-state index contributed by atoms with van der Waals surface area (Å²) in [6.07, 6.45) is 3.21. The van der Waals surface area contributed by atoms with E-state index in [0.29, 0.717) is 28.8 Å². The molecule has 1 aromatic carbocycles. The Bertz CT molecular complexity index is 490. The highest BCUT2D eigenvalue weighted by Crippen LogP contribution is 2.25. The van der Waals surface area contributed by atoms with E-state index < -0.39 is 0 Å². The van der Waals surface area contributed by atoms with E-state index in [0.717, 1.165) is 6.54 Å². The summed E-state index contributed by atoms with van der Waals surface area (Å²) in [5, 5.41) is 4.36. The highest BCUT2D eigenvalue weighted by molar-refractivity contribution is 6.37. The maximum Gasteiger partial charge on any atom is 0.160 e. The summed E-state index contributed by atoms with van der Waals surface area (Å²) in [6, 6.07) is 5.33. The van der Waals surface area contributed by atoms with Gasteiger partial charge in [0.1, 0.15) is 0 Å². The van der Waals surface area contributed by atoms with Gasteiger partial charge in [-0.3, -0.25) is 4.79 Å². The molecule has 0 aromatic heterocycles. The standard InChI is InChI=1S/C15H17Cl2NO2/c1-10(14-9-20-8-7-18-14)15(19)6-5-11-12(16)3-2-4-13(11)17/h2-6,10,14,18H,7-9H2,1H3. The molecule has 1 saturated heterocycles. The maximum atomic E-state index is 12.2. The van der Waals surface area contributed by atoms with Crippen molar-refractivity contribution in [3.05, 3.63) is 39.9 Å². The van der Waals surface area contributed by atoms with Gasteiger partial charge in [-0.2, -0.15) is 0 Å². The Morgan fingerprint density at radius 2 is 2.15 bits per heavy atom. The lowest BCUT2D eigenvalue weighted by Crippen LogP contribution is -2.47. The van der Waals surface area contributed by atoms with Crippen LogP contribution in [-0.4, -0.2) is 31.6 Å². The highest BCUT2D eigenvalue weighted by atomic mass is 35.5. The van der Waals surface area contributed by atoms with Gasteiger partial charge in [0.25, 0.3) is 0 Å². The predicted octanol–water partition coefficient (Wildman–Crippen LogP) is 3.20. The van der Waals surface area contributed by atoms with Gasteiger partial charge >= 0.3 is 0 Å². The molecule has 2 unspecified atom stereocenters. The van der Waals surface area contributed by atoms with Gasteiger partial charge in [-0.1, -0.05) is 36.2 Å². The second-order valence-corrected chi connectivity index (χ2v) is 5.61. The maximum absolute atomic E-state index is 12.2. The van der Waals surface area contributed by atoms with Crippen LogP contribution >= 0.6 is 23.2 Å². The number of halogens is 2. The molecule has 5 heteroatoms. The minimum Gasteiger partial charge on any atom is -0.378 e. The van der Waals surface area contributed by atoms with Crippen molar-refractivity contribution >= 4 is 35.1 Å². The summed E-state index contributed by atoms with van der Waals surface area (Å²) >= 11 is 12.1. The minimum absolute atomic E-state index is 0.0315. The molecule has 1 aromatic rings. The molecule has 1 aliphatic heterocycles. The Hall–Kier alpha value is -0.870. The highest BCUT2D eigenvalue weighted by Gasteiger charge is 2.24. The number of allylic oxidation sites excluding steroid dienone is 1. The van der Waals surface area contributed by atoms with E-state index in [1.165, 1.54) is 6.08 Å². The SMILES string of the molecule is CC(C(=O)C=Cc1c(Cl)cccc1Cl)C1COCCN1. The molecular formula is C15H17Cl2NO2. The molecular weight excluding hydrogens is 297 g/mol. The van der Waals surface area contributed by atoms with Crippen molar-refractivity contribution in [3.63, 3.8) is 0 Å². The van der Waals surface area contributed by atoms with Gasteiger partial charge < -0.3 is 10.1 Å². The molecule has 0 radical (unpaired) electrons. The first-order valence-corrected chi connectivity index (χ1v) is 7.32. The summed E-state index contributed by atoms with van der Waals surface area (Å²) in [6.45, 7) is 3.94. The average molecular weight is 314 g/mol. The Labute approximate surface area is 128 Å². The van der Waals surface area contributed by atoms with E-state index in [1.54, 1.807) is 24.3 Å². The van der Waals surface area contributed by atoms with Gasteiger partial charge in [-0.15, -0.1) is 0 Å². The molecule has 0 saturated carbocycles. The van der Waals surface area contributed by atoms with Crippen LogP contribution in [0.2, 0.25) is 10.0 Å². The van der Waals surface area contributed by atoms with Crippen LogP contribution < -0.4 is 5.32 Å². The van der Waals surface area contributed by atoms with Gasteiger partial charge in [0.15, 0.2) is 5.78 Å². The molecule has 1 fully saturated rings. The summed E-state index contributed by atoms with van der Waals surface area (Å²) in [5.41, 5.74) is 0.671. The summed E-state index contributed by atoms with van der Waals surface area (Å²) < 4.78 is 5.37. The fourth-order valence-corrected chi connectivity index (χ4v) is 2.62. The molecule has 1 aliphatic rings. The third kappa shape index (κ3) is 3.83. The van der Waals surface area contributed by atoms with Gasteiger partial charge in [-0.25, -0.2) is 0 Å². The van der Waals surface area contributed by atoms with Gasteiger partial charge in [0.2, 0.25) is 0 Å². The first-order valence-electron chi connectivity index (χ1n) is 6.56. The van der Waals surface area contributed by atoms with Crippen LogP contribution in [0.3, 0.4) is 0 Å². The molecule has 1 N–H and O–H groups in total. The van der Waals surface area contributed by atoms with E-state index in [2.05, 4.69) is 5.32 Å². The van der Waals surface area contributed by atoms with Crippen LogP contribution in [0.1, 0.15) is 12.5 Å². The zero-order valence-electron chi connectivity index (χ0n) is 11.2. The van der Waals surface area contributed by atoms with E-state index in [4.69, 9.17) is 27.9 Å². The predicted molar refractivity (Wildman–Crippen MR) is 82.3 cm³/mol. The van der Waals surface area contributed by atoms with Gasteiger partial charge in [-0.05, 0) is 24.3 Å². The second kappa shape index (κ2) is 7.23. The molecule has 108 valence electrons. The summed E-state index contributed by atoms with van der Waals surface area (Å²) in [4.78, 5) is 12.2. The second-order valence-electron chi connectivity index (χ2n) is 4.80. The Morgan fingerprint density at radius 3 is 2.75 bits per heavy atom. The Morgan fingerprint density at radius 1 is 1.45 bits per heavy atom. The quantitative estimate of drug-likeness (QED) is 0.867. The third-order valence-corrected chi connectivity index (χ3v) is 4.08. The number of nitrogens with one attached hydrogen (secondary N) is 1. The monoisotopic (exact) mass is 313 g/mol. The number of ketones is 1. The molecule has 0 aliphatic carbocycles. The fraction of sp³-hybridized carbons (Fsp3) is 0.400. The Kier molecular flexibility index (Phi) is 5.61. The molecule has 2 rings (SSSR count). The molecule has 2 atom stereocenters. The lowest BCUT2D eigenvalue weighted by Gasteiger charge is -2.27. The van der Waals surface area contributed by atoms with Crippen LogP contribution in [0.15, 0.2) is 24.3 Å². The molecule has 0 spiro atoms. The lowest BCUT2D eigenvalue weighted by atomic mass is 9.96. The van der Waals surface area contributed by atoms with Crippen molar-refractivity contribution in [3.8, 4) is 0 Å². The number of carbonyl (C=O) groups excluding carboxylic acids is 1. The van der Waals surface area contributed by atoms with E-state index in [-0.39, 0.29) is 17.7 Å². The van der Waals surface area contributed by atoms with Crippen LogP contribution in [0, 0.1) is 5.92 Å². The molecule has 1 heterocycles. The van der Waals surface area contributed by atoms with Crippen molar-refractivity contribution in [2.45, 2.75) is 13.0 Å². The van der Waals surface area contributed by atoms with Crippen LogP contribution in [0.25, 0.3) is 6.08 Å². The third-order valence-electron chi connectivity index (χ3n) is 3.42. The van der Waals surface area contributed by atoms with E-state index in [9.17, 15) is 4.79 Å². The van der Waals surface area contributed by atoms with E-state index >= 15 is 0 Å². The lowest BCUT2D eigenvalue weighted by molar-refractivity contribution is -0.119. The normalized spacial score (nSPS) is 21.1. The van der Waals surface area contributed by atoms with Crippen molar-refractivity contribution in [2.24, 2.45) is 5.92 Å². The largest absolute Gasteiger partial charge is 0.378 e. The number of ether oxygens (including phenoxy) is 1. The summed E-state index contributed by atoms with van der Waals surface area (Å²) in [7, 11) is 0. The number of hydrogen-bond donors (Lipinski definition) is 1. The molecule has 20 heavy (non-hydrogen) atoms. The number of carbonyl (C=O) groups is 1. The summed E-state index contributed by atoms with van der Waals surface area (Å²) in [5.74, 6) is -0.114.